The Morgan fingerprint density at radius 2 is 1.52 bits per heavy atom. The molecule has 0 radical (unpaired) electrons. The van der Waals surface area contributed by atoms with Gasteiger partial charge in [0.2, 0.25) is 0 Å². The van der Waals surface area contributed by atoms with Gasteiger partial charge in [0.1, 0.15) is 0 Å². The van der Waals surface area contributed by atoms with Crippen molar-refractivity contribution in [3.8, 4) is 0 Å². The Hall–Kier alpha value is -2.62. The summed E-state index contributed by atoms with van der Waals surface area (Å²) in [6.45, 7) is 1.39. The summed E-state index contributed by atoms with van der Waals surface area (Å²) in [5.41, 5.74) is 2.45. The number of hydrogen-bond acceptors (Lipinski definition) is 2. The predicted octanol–water partition coefficient (Wildman–Crippen LogP) is 3.17. The SMILES string of the molecule is CC(=CC(C(=O)O)=C(C1=CC=CC1)C1=CC=CC1)C(=O)O. The standard InChI is InChI=1S/C17H16O4/c1-11(16(18)19)10-14(17(20)21)15(12-6-2-3-7-12)13-8-4-5-9-13/h2-6,8,10H,7,9H2,1H3,(H,18,19)(H,20,21). The third kappa shape index (κ3) is 3.28. The summed E-state index contributed by atoms with van der Waals surface area (Å²) in [5, 5.41) is 18.5. The first-order valence-corrected chi connectivity index (χ1v) is 6.62. The van der Waals surface area contributed by atoms with E-state index < -0.39 is 11.9 Å². The van der Waals surface area contributed by atoms with Gasteiger partial charge in [0.05, 0.1) is 5.57 Å². The van der Waals surface area contributed by atoms with E-state index in [1.54, 1.807) is 0 Å². The van der Waals surface area contributed by atoms with Crippen LogP contribution in [0.5, 0.6) is 0 Å². The van der Waals surface area contributed by atoms with Crippen molar-refractivity contribution >= 4 is 11.9 Å². The van der Waals surface area contributed by atoms with Crippen LogP contribution in [0.1, 0.15) is 19.8 Å². The average molecular weight is 284 g/mol. The number of rotatable bonds is 5. The summed E-state index contributed by atoms with van der Waals surface area (Å²) in [4.78, 5) is 22.6. The van der Waals surface area contributed by atoms with Gasteiger partial charge in [-0.1, -0.05) is 36.5 Å². The molecule has 0 aromatic carbocycles. The molecule has 0 aromatic heterocycles. The van der Waals surface area contributed by atoms with Gasteiger partial charge < -0.3 is 10.2 Å². The first-order valence-electron chi connectivity index (χ1n) is 6.62. The van der Waals surface area contributed by atoms with Gasteiger partial charge in [-0.05, 0) is 42.6 Å². The van der Waals surface area contributed by atoms with Crippen LogP contribution < -0.4 is 0 Å². The fraction of sp³-hybridized carbons (Fsp3) is 0.176. The first-order chi connectivity index (χ1) is 10.0. The Balaban J connectivity index is 2.59. The highest BCUT2D eigenvalue weighted by Gasteiger charge is 2.21. The molecule has 4 heteroatoms. The van der Waals surface area contributed by atoms with Crippen LogP contribution in [0.3, 0.4) is 0 Å². The van der Waals surface area contributed by atoms with Crippen LogP contribution in [0.2, 0.25) is 0 Å². The summed E-state index contributed by atoms with van der Waals surface area (Å²) in [6, 6.07) is 0. The van der Waals surface area contributed by atoms with Gasteiger partial charge in [0.25, 0.3) is 0 Å². The van der Waals surface area contributed by atoms with Gasteiger partial charge in [0, 0.05) is 5.57 Å². The van der Waals surface area contributed by atoms with Crippen LogP contribution in [0.25, 0.3) is 0 Å². The third-order valence-corrected chi connectivity index (χ3v) is 3.38. The molecule has 21 heavy (non-hydrogen) atoms. The molecule has 0 fully saturated rings. The normalized spacial score (nSPS) is 16.7. The second-order valence-electron chi connectivity index (χ2n) is 4.87. The zero-order chi connectivity index (χ0) is 15.4. The Labute approximate surface area is 122 Å². The summed E-state index contributed by atoms with van der Waals surface area (Å²) in [6.07, 6.45) is 14.0. The lowest BCUT2D eigenvalue weighted by Crippen LogP contribution is -2.08. The average Bonchev–Trinajstić information content (AvgIpc) is 3.10. The number of carboxylic acids is 2. The molecule has 0 saturated heterocycles. The minimum Gasteiger partial charge on any atom is -0.478 e. The maximum Gasteiger partial charge on any atom is 0.336 e. The van der Waals surface area contributed by atoms with Crippen molar-refractivity contribution in [3.63, 3.8) is 0 Å². The molecule has 108 valence electrons. The third-order valence-electron chi connectivity index (χ3n) is 3.38. The van der Waals surface area contributed by atoms with E-state index >= 15 is 0 Å². The molecule has 2 aliphatic rings. The molecule has 0 heterocycles. The Bertz CT molecular complexity index is 635. The van der Waals surface area contributed by atoms with Crippen molar-refractivity contribution < 1.29 is 19.8 Å². The largest absolute Gasteiger partial charge is 0.478 e. The number of allylic oxidation sites excluding steroid dienone is 9. The van der Waals surface area contributed by atoms with Crippen LogP contribution in [-0.4, -0.2) is 22.2 Å². The fourth-order valence-corrected chi connectivity index (χ4v) is 2.34. The minimum atomic E-state index is -1.12. The minimum absolute atomic E-state index is 0.00279. The van der Waals surface area contributed by atoms with Gasteiger partial charge in [-0.15, -0.1) is 0 Å². The molecular formula is C17H16O4. The summed E-state index contributed by atoms with van der Waals surface area (Å²) >= 11 is 0. The Morgan fingerprint density at radius 3 is 1.86 bits per heavy atom. The zero-order valence-corrected chi connectivity index (χ0v) is 11.7. The van der Waals surface area contributed by atoms with Gasteiger partial charge in [-0.25, -0.2) is 9.59 Å². The number of carboxylic acid groups (broad SMARTS) is 2. The topological polar surface area (TPSA) is 74.6 Å². The quantitative estimate of drug-likeness (QED) is 0.600. The van der Waals surface area contributed by atoms with E-state index in [0.717, 1.165) is 11.1 Å². The van der Waals surface area contributed by atoms with E-state index in [1.165, 1.54) is 13.0 Å². The van der Waals surface area contributed by atoms with E-state index in [9.17, 15) is 14.7 Å². The Morgan fingerprint density at radius 1 is 1.00 bits per heavy atom. The lowest BCUT2D eigenvalue weighted by Gasteiger charge is -2.14. The van der Waals surface area contributed by atoms with Crippen LogP contribution in [0.15, 0.2) is 70.4 Å². The monoisotopic (exact) mass is 284 g/mol. The number of carbonyl (C=O) groups is 2. The molecule has 0 aromatic rings. The molecule has 0 saturated carbocycles. The molecule has 0 aliphatic heterocycles. The van der Waals surface area contributed by atoms with Crippen LogP contribution in [-0.2, 0) is 9.59 Å². The molecule has 2 N–H and O–H groups in total. The first kappa shape index (κ1) is 14.8. The molecule has 0 bridgehead atoms. The molecule has 0 amide bonds. The smallest absolute Gasteiger partial charge is 0.336 e. The number of hydrogen-bond donors (Lipinski definition) is 2. The summed E-state index contributed by atoms with van der Waals surface area (Å²) in [5.74, 6) is -2.24. The van der Waals surface area contributed by atoms with Crippen molar-refractivity contribution in [1.82, 2.24) is 0 Å². The van der Waals surface area contributed by atoms with Crippen molar-refractivity contribution in [3.05, 3.63) is 70.4 Å². The molecule has 0 spiro atoms. The summed E-state index contributed by atoms with van der Waals surface area (Å²) < 4.78 is 0. The van der Waals surface area contributed by atoms with Crippen molar-refractivity contribution in [2.45, 2.75) is 19.8 Å². The van der Waals surface area contributed by atoms with Gasteiger partial charge in [-0.3, -0.25) is 0 Å². The fourth-order valence-electron chi connectivity index (χ4n) is 2.34. The maximum absolute atomic E-state index is 11.6. The molecule has 4 nitrogen and oxygen atoms in total. The van der Waals surface area contributed by atoms with E-state index in [-0.39, 0.29) is 11.1 Å². The molecular weight excluding hydrogens is 268 g/mol. The van der Waals surface area contributed by atoms with Crippen molar-refractivity contribution in [1.29, 1.82) is 0 Å². The van der Waals surface area contributed by atoms with Crippen molar-refractivity contribution in [2.75, 3.05) is 0 Å². The highest BCUT2D eigenvalue weighted by molar-refractivity contribution is 5.97. The van der Waals surface area contributed by atoms with Gasteiger partial charge in [-0.2, -0.15) is 0 Å². The van der Waals surface area contributed by atoms with Crippen LogP contribution in [0, 0.1) is 0 Å². The van der Waals surface area contributed by atoms with Crippen LogP contribution in [0.4, 0.5) is 0 Å². The summed E-state index contributed by atoms with van der Waals surface area (Å²) in [7, 11) is 0. The maximum atomic E-state index is 11.6. The highest BCUT2D eigenvalue weighted by Crippen LogP contribution is 2.33. The van der Waals surface area contributed by atoms with E-state index in [0.29, 0.717) is 18.4 Å². The number of aliphatic carboxylic acids is 2. The van der Waals surface area contributed by atoms with Crippen LogP contribution >= 0.6 is 0 Å². The zero-order valence-electron chi connectivity index (χ0n) is 11.7. The lowest BCUT2D eigenvalue weighted by molar-refractivity contribution is -0.132. The lowest BCUT2D eigenvalue weighted by atomic mass is 9.90. The van der Waals surface area contributed by atoms with Gasteiger partial charge in [0.15, 0.2) is 0 Å². The predicted molar refractivity (Wildman–Crippen MR) is 79.7 cm³/mol. The van der Waals surface area contributed by atoms with E-state index in [4.69, 9.17) is 5.11 Å². The molecule has 0 atom stereocenters. The van der Waals surface area contributed by atoms with E-state index in [1.807, 2.05) is 36.5 Å². The van der Waals surface area contributed by atoms with E-state index in [2.05, 4.69) is 0 Å². The van der Waals surface area contributed by atoms with Crippen molar-refractivity contribution in [2.24, 2.45) is 0 Å². The second-order valence-corrected chi connectivity index (χ2v) is 4.87. The highest BCUT2D eigenvalue weighted by atomic mass is 16.4. The van der Waals surface area contributed by atoms with Gasteiger partial charge >= 0.3 is 11.9 Å². The molecule has 2 aliphatic carbocycles. The molecule has 0 unspecified atom stereocenters. The Kier molecular flexibility index (Phi) is 4.38. The molecule has 2 rings (SSSR count). The second kappa shape index (κ2) is 6.22.